The quantitative estimate of drug-likeness (QED) is 0.398. The molecule has 8 nitrogen and oxygen atoms in total. The van der Waals surface area contributed by atoms with E-state index in [9.17, 15) is 14.7 Å². The highest BCUT2D eigenvalue weighted by Gasteiger charge is 2.21. The van der Waals surface area contributed by atoms with E-state index < -0.39 is 17.9 Å². The summed E-state index contributed by atoms with van der Waals surface area (Å²) in [5.41, 5.74) is 3.45. The van der Waals surface area contributed by atoms with Gasteiger partial charge in [0.15, 0.2) is 0 Å². The van der Waals surface area contributed by atoms with Gasteiger partial charge in [0.1, 0.15) is 17.6 Å². The lowest BCUT2D eigenvalue weighted by Gasteiger charge is -2.17. The minimum Gasteiger partial charge on any atom is -0.494 e. The van der Waals surface area contributed by atoms with Crippen LogP contribution in [0.3, 0.4) is 0 Å². The molecule has 8 heteroatoms. The number of amides is 1. The molecule has 1 amide bonds. The second-order valence-electron chi connectivity index (χ2n) is 8.25. The zero-order chi connectivity index (χ0) is 23.8. The topological polar surface area (TPSA) is 113 Å². The average Bonchev–Trinajstić information content (AvgIpc) is 2.87. The molecule has 0 aliphatic carbocycles. The van der Waals surface area contributed by atoms with Crippen LogP contribution in [0.15, 0.2) is 60.9 Å². The van der Waals surface area contributed by atoms with Gasteiger partial charge in [-0.15, -0.1) is 0 Å². The predicted molar refractivity (Wildman–Crippen MR) is 128 cm³/mol. The van der Waals surface area contributed by atoms with Crippen LogP contribution in [0, 0.1) is 0 Å². The number of aromatic nitrogens is 2. The maximum Gasteiger partial charge on any atom is 0.326 e. The Kier molecular flexibility index (Phi) is 7.70. The van der Waals surface area contributed by atoms with Gasteiger partial charge < -0.3 is 20.5 Å². The Morgan fingerprint density at radius 1 is 1.15 bits per heavy atom. The van der Waals surface area contributed by atoms with Gasteiger partial charge in [0, 0.05) is 31.1 Å². The monoisotopic (exact) mass is 460 g/mol. The number of aliphatic carboxylic acids is 1. The molecule has 0 fully saturated rings. The summed E-state index contributed by atoms with van der Waals surface area (Å²) in [7, 11) is 0. The molecule has 1 aromatic carbocycles. The van der Waals surface area contributed by atoms with Gasteiger partial charge in [0.2, 0.25) is 0 Å². The zero-order valence-electron chi connectivity index (χ0n) is 18.9. The van der Waals surface area contributed by atoms with E-state index in [0.29, 0.717) is 12.2 Å². The van der Waals surface area contributed by atoms with Crippen LogP contribution >= 0.6 is 0 Å². The van der Waals surface area contributed by atoms with Crippen molar-refractivity contribution < 1.29 is 19.4 Å². The molecule has 0 saturated carbocycles. The van der Waals surface area contributed by atoms with Crippen molar-refractivity contribution in [1.82, 2.24) is 15.3 Å². The number of ether oxygens (including phenoxy) is 1. The third-order valence-corrected chi connectivity index (χ3v) is 5.69. The molecule has 1 aliphatic rings. The van der Waals surface area contributed by atoms with E-state index in [1.54, 1.807) is 18.3 Å². The van der Waals surface area contributed by atoms with Crippen molar-refractivity contribution in [3.8, 4) is 5.75 Å². The first kappa shape index (κ1) is 23.2. The minimum atomic E-state index is -1.09. The van der Waals surface area contributed by atoms with E-state index in [-0.39, 0.29) is 6.42 Å². The number of pyridine rings is 2. The van der Waals surface area contributed by atoms with Crippen molar-refractivity contribution in [2.45, 2.75) is 38.1 Å². The number of benzene rings is 1. The van der Waals surface area contributed by atoms with Gasteiger partial charge in [-0.05, 0) is 67.1 Å². The van der Waals surface area contributed by atoms with Gasteiger partial charge in [-0.25, -0.2) is 9.78 Å². The number of carboxylic acid groups (broad SMARTS) is 1. The minimum absolute atomic E-state index is 0.166. The predicted octanol–water partition coefficient (Wildman–Crippen LogP) is 3.27. The van der Waals surface area contributed by atoms with Crippen molar-refractivity contribution in [3.63, 3.8) is 0 Å². The number of carbonyl (C=O) groups is 2. The molecular weight excluding hydrogens is 432 g/mol. The Morgan fingerprint density at radius 3 is 2.76 bits per heavy atom. The molecule has 34 heavy (non-hydrogen) atoms. The summed E-state index contributed by atoms with van der Waals surface area (Å²) in [6.45, 7) is 1.54. The van der Waals surface area contributed by atoms with Gasteiger partial charge in [0.05, 0.1) is 12.2 Å². The fraction of sp³-hybridized carbons (Fsp3) is 0.308. The van der Waals surface area contributed by atoms with Gasteiger partial charge in [0.25, 0.3) is 5.91 Å². The average molecular weight is 461 g/mol. The molecule has 1 aliphatic heterocycles. The third kappa shape index (κ3) is 6.31. The van der Waals surface area contributed by atoms with Crippen LogP contribution in [0.4, 0.5) is 5.82 Å². The standard InChI is InChI=1S/C26H28N4O4/c31-25(20-5-1-13-27-17-20)30-23(26(32)33)16-18-7-11-22(12-8-18)34-15-3-6-21-10-9-19-4-2-14-28-24(19)29-21/h1,5,7-13,17,23H,2-4,6,14-16H2,(H,28,29)(H,30,31)(H,32,33)/t23-/m1/s1. The molecule has 2 aromatic heterocycles. The normalized spacial score (nSPS) is 13.3. The molecule has 3 heterocycles. The van der Waals surface area contributed by atoms with Crippen LogP contribution in [0.1, 0.15) is 40.0 Å². The molecule has 0 spiro atoms. The number of hydrogen-bond donors (Lipinski definition) is 3. The lowest BCUT2D eigenvalue weighted by molar-refractivity contribution is -0.139. The van der Waals surface area contributed by atoms with Gasteiger partial charge in [-0.2, -0.15) is 0 Å². The van der Waals surface area contributed by atoms with Crippen molar-refractivity contribution in [1.29, 1.82) is 0 Å². The number of nitrogens with zero attached hydrogens (tertiary/aromatic N) is 2. The molecule has 0 unspecified atom stereocenters. The van der Waals surface area contributed by atoms with Gasteiger partial charge in [-0.1, -0.05) is 18.2 Å². The Morgan fingerprint density at radius 2 is 2.00 bits per heavy atom. The van der Waals surface area contributed by atoms with E-state index in [2.05, 4.69) is 27.8 Å². The molecule has 0 saturated heterocycles. The molecular formula is C26H28N4O4. The number of carboxylic acids is 1. The second-order valence-corrected chi connectivity index (χ2v) is 8.25. The number of nitrogens with one attached hydrogen (secondary N) is 2. The van der Waals surface area contributed by atoms with Crippen LogP contribution in [-0.4, -0.2) is 46.1 Å². The highest BCUT2D eigenvalue weighted by molar-refractivity contribution is 5.96. The number of hydrogen-bond acceptors (Lipinski definition) is 6. The zero-order valence-corrected chi connectivity index (χ0v) is 18.9. The van der Waals surface area contributed by atoms with Crippen LogP contribution in [0.5, 0.6) is 5.75 Å². The van der Waals surface area contributed by atoms with Gasteiger partial charge >= 0.3 is 5.97 Å². The van der Waals surface area contributed by atoms with Gasteiger partial charge in [-0.3, -0.25) is 9.78 Å². The third-order valence-electron chi connectivity index (χ3n) is 5.69. The fourth-order valence-corrected chi connectivity index (χ4v) is 3.85. The van der Waals surface area contributed by atoms with Crippen molar-refractivity contribution in [3.05, 3.63) is 83.3 Å². The molecule has 3 N–H and O–H groups in total. The summed E-state index contributed by atoms with van der Waals surface area (Å²) >= 11 is 0. The summed E-state index contributed by atoms with van der Waals surface area (Å²) in [6, 6.07) is 13.7. The first-order chi connectivity index (χ1) is 16.6. The smallest absolute Gasteiger partial charge is 0.326 e. The van der Waals surface area contributed by atoms with E-state index in [1.165, 1.54) is 11.8 Å². The summed E-state index contributed by atoms with van der Waals surface area (Å²) in [6.07, 6.45) is 7.03. The number of fused-ring (bicyclic) bond motifs is 1. The second kappa shape index (κ2) is 11.3. The van der Waals surface area contributed by atoms with Crippen molar-refractivity contribution >= 4 is 17.7 Å². The fourth-order valence-electron chi connectivity index (χ4n) is 3.85. The molecule has 0 bridgehead atoms. The first-order valence-electron chi connectivity index (χ1n) is 11.5. The molecule has 4 rings (SSSR count). The number of rotatable bonds is 10. The van der Waals surface area contributed by atoms with Crippen molar-refractivity contribution in [2.24, 2.45) is 0 Å². The van der Waals surface area contributed by atoms with Crippen LogP contribution in [0.25, 0.3) is 0 Å². The molecule has 176 valence electrons. The first-order valence-corrected chi connectivity index (χ1v) is 11.5. The van der Waals surface area contributed by atoms with Crippen LogP contribution in [0.2, 0.25) is 0 Å². The molecule has 0 radical (unpaired) electrons. The van der Waals surface area contributed by atoms with E-state index >= 15 is 0 Å². The lowest BCUT2D eigenvalue weighted by Crippen LogP contribution is -2.42. The lowest BCUT2D eigenvalue weighted by atomic mass is 10.1. The SMILES string of the molecule is O=C(N[C@H](Cc1ccc(OCCCc2ccc3c(n2)NCCC3)cc1)C(=O)O)c1cccnc1. The molecule has 1 atom stereocenters. The number of aryl methyl sites for hydroxylation is 2. The van der Waals surface area contributed by atoms with E-state index in [0.717, 1.165) is 55.1 Å². The van der Waals surface area contributed by atoms with E-state index in [1.807, 2.05) is 24.3 Å². The Bertz CT molecular complexity index is 1120. The summed E-state index contributed by atoms with van der Waals surface area (Å²) in [5.74, 6) is 0.167. The number of carbonyl (C=O) groups excluding carboxylic acids is 1. The summed E-state index contributed by atoms with van der Waals surface area (Å²) < 4.78 is 5.83. The summed E-state index contributed by atoms with van der Waals surface area (Å²) in [5, 5.41) is 15.4. The summed E-state index contributed by atoms with van der Waals surface area (Å²) in [4.78, 5) is 32.5. The van der Waals surface area contributed by atoms with Crippen LogP contribution < -0.4 is 15.4 Å². The highest BCUT2D eigenvalue weighted by atomic mass is 16.5. The maximum atomic E-state index is 12.3. The largest absolute Gasteiger partial charge is 0.494 e. The van der Waals surface area contributed by atoms with E-state index in [4.69, 9.17) is 9.72 Å². The Balaban J connectivity index is 1.24. The highest BCUT2D eigenvalue weighted by Crippen LogP contribution is 2.20. The Hall–Kier alpha value is -3.94. The van der Waals surface area contributed by atoms with Crippen LogP contribution in [-0.2, 0) is 24.1 Å². The maximum absolute atomic E-state index is 12.3. The molecule has 3 aromatic rings. The number of anilines is 1. The van der Waals surface area contributed by atoms with Crippen molar-refractivity contribution in [2.75, 3.05) is 18.5 Å². The Labute approximate surface area is 198 Å².